The summed E-state index contributed by atoms with van der Waals surface area (Å²) in [5.41, 5.74) is 2.67. The molecule has 2 aromatic heterocycles. The van der Waals surface area contributed by atoms with Gasteiger partial charge in [-0.1, -0.05) is 12.1 Å². The van der Waals surface area contributed by atoms with Gasteiger partial charge in [-0.05, 0) is 42.3 Å². The van der Waals surface area contributed by atoms with Gasteiger partial charge < -0.3 is 24.9 Å². The molecule has 0 aliphatic carbocycles. The second kappa shape index (κ2) is 7.88. The summed E-state index contributed by atoms with van der Waals surface area (Å²) in [6, 6.07) is 11.3. The van der Waals surface area contributed by atoms with Crippen molar-refractivity contribution in [1.82, 2.24) is 9.97 Å². The van der Waals surface area contributed by atoms with Crippen LogP contribution in [0.15, 0.2) is 42.6 Å². The molecule has 3 aromatic rings. The second-order valence-corrected chi connectivity index (χ2v) is 5.84. The Labute approximate surface area is 151 Å². The maximum absolute atomic E-state index is 11.0. The third-order valence-corrected chi connectivity index (χ3v) is 3.95. The number of carboxylic acids is 1. The maximum atomic E-state index is 11.0. The number of hydrogen-bond donors (Lipinski definition) is 3. The number of methoxy groups -OCH3 is 1. The number of fused-ring (bicyclic) bond motifs is 1. The number of benzene rings is 1. The van der Waals surface area contributed by atoms with Crippen LogP contribution in [-0.4, -0.2) is 47.4 Å². The summed E-state index contributed by atoms with van der Waals surface area (Å²) < 4.78 is 10.5. The van der Waals surface area contributed by atoms with Crippen molar-refractivity contribution in [3.63, 3.8) is 0 Å². The SMILES string of the molecule is COCCNc1cc(-c2cccc(O[C@H](C)C(=O)O)c2)c2cc[nH]c2n1. The van der Waals surface area contributed by atoms with Crippen molar-refractivity contribution in [2.45, 2.75) is 13.0 Å². The van der Waals surface area contributed by atoms with Crippen LogP contribution < -0.4 is 10.1 Å². The largest absolute Gasteiger partial charge is 0.479 e. The molecule has 3 rings (SSSR count). The Morgan fingerprint density at radius 2 is 2.19 bits per heavy atom. The molecule has 136 valence electrons. The minimum absolute atomic E-state index is 0.506. The smallest absolute Gasteiger partial charge is 0.344 e. The molecule has 1 aromatic carbocycles. The zero-order valence-electron chi connectivity index (χ0n) is 14.7. The highest BCUT2D eigenvalue weighted by atomic mass is 16.5. The minimum Gasteiger partial charge on any atom is -0.479 e. The number of aliphatic carboxylic acids is 1. The minimum atomic E-state index is -1.00. The maximum Gasteiger partial charge on any atom is 0.344 e. The topological polar surface area (TPSA) is 96.5 Å². The third kappa shape index (κ3) is 3.94. The summed E-state index contributed by atoms with van der Waals surface area (Å²) in [4.78, 5) is 18.7. The van der Waals surface area contributed by atoms with E-state index < -0.39 is 12.1 Å². The molecule has 0 saturated carbocycles. The number of pyridine rings is 1. The first-order chi connectivity index (χ1) is 12.6. The van der Waals surface area contributed by atoms with Crippen molar-refractivity contribution in [3.05, 3.63) is 42.6 Å². The molecule has 0 fully saturated rings. The average molecular weight is 355 g/mol. The number of hydrogen-bond acceptors (Lipinski definition) is 5. The molecule has 0 bridgehead atoms. The first kappa shape index (κ1) is 17.8. The van der Waals surface area contributed by atoms with Crippen LogP contribution in [-0.2, 0) is 9.53 Å². The van der Waals surface area contributed by atoms with Crippen LogP contribution in [0.2, 0.25) is 0 Å². The number of nitrogens with zero attached hydrogens (tertiary/aromatic N) is 1. The van der Waals surface area contributed by atoms with Crippen LogP contribution in [0.25, 0.3) is 22.2 Å². The van der Waals surface area contributed by atoms with E-state index in [0.29, 0.717) is 18.9 Å². The van der Waals surface area contributed by atoms with E-state index in [2.05, 4.69) is 15.3 Å². The summed E-state index contributed by atoms with van der Waals surface area (Å²) in [7, 11) is 1.65. The van der Waals surface area contributed by atoms with Crippen LogP contribution in [0.5, 0.6) is 5.75 Å². The monoisotopic (exact) mass is 355 g/mol. The lowest BCUT2D eigenvalue weighted by molar-refractivity contribution is -0.144. The number of aromatic nitrogens is 2. The third-order valence-electron chi connectivity index (χ3n) is 3.95. The van der Waals surface area contributed by atoms with E-state index in [1.807, 2.05) is 36.5 Å². The van der Waals surface area contributed by atoms with Crippen molar-refractivity contribution in [3.8, 4) is 16.9 Å². The molecule has 0 unspecified atom stereocenters. The van der Waals surface area contributed by atoms with Crippen molar-refractivity contribution in [2.75, 3.05) is 25.6 Å². The van der Waals surface area contributed by atoms with Gasteiger partial charge in [0.2, 0.25) is 0 Å². The summed E-state index contributed by atoms with van der Waals surface area (Å²) in [6.07, 6.45) is 0.925. The molecule has 0 amide bonds. The molecule has 7 heteroatoms. The fourth-order valence-electron chi connectivity index (χ4n) is 2.64. The number of aromatic amines is 1. The van der Waals surface area contributed by atoms with Crippen LogP contribution in [0, 0.1) is 0 Å². The number of carbonyl (C=O) groups is 1. The lowest BCUT2D eigenvalue weighted by Gasteiger charge is -2.13. The molecule has 0 spiro atoms. The molecule has 2 heterocycles. The number of nitrogens with one attached hydrogen (secondary N) is 2. The van der Waals surface area contributed by atoms with Gasteiger partial charge in [-0.15, -0.1) is 0 Å². The van der Waals surface area contributed by atoms with Gasteiger partial charge >= 0.3 is 5.97 Å². The lowest BCUT2D eigenvalue weighted by atomic mass is 10.0. The number of H-pyrrole nitrogens is 1. The Hall–Kier alpha value is -3.06. The number of anilines is 1. The van der Waals surface area contributed by atoms with Crippen LogP contribution in [0.4, 0.5) is 5.82 Å². The molecule has 1 atom stereocenters. The van der Waals surface area contributed by atoms with E-state index in [0.717, 1.165) is 28.0 Å². The van der Waals surface area contributed by atoms with Gasteiger partial charge in [0, 0.05) is 25.2 Å². The van der Waals surface area contributed by atoms with E-state index in [4.69, 9.17) is 14.6 Å². The van der Waals surface area contributed by atoms with Gasteiger partial charge in [0.25, 0.3) is 0 Å². The second-order valence-electron chi connectivity index (χ2n) is 5.84. The zero-order valence-corrected chi connectivity index (χ0v) is 14.7. The molecular weight excluding hydrogens is 334 g/mol. The summed E-state index contributed by atoms with van der Waals surface area (Å²) in [5, 5.41) is 13.2. The van der Waals surface area contributed by atoms with Crippen molar-refractivity contribution in [1.29, 1.82) is 0 Å². The Balaban J connectivity index is 1.96. The molecule has 0 saturated heterocycles. The van der Waals surface area contributed by atoms with Gasteiger partial charge in [-0.2, -0.15) is 0 Å². The van der Waals surface area contributed by atoms with E-state index in [1.54, 1.807) is 13.2 Å². The predicted octanol–water partition coefficient (Wildman–Crippen LogP) is 3.14. The summed E-state index contributed by atoms with van der Waals surface area (Å²) >= 11 is 0. The first-order valence-electron chi connectivity index (χ1n) is 8.29. The van der Waals surface area contributed by atoms with Gasteiger partial charge in [0.15, 0.2) is 6.10 Å². The van der Waals surface area contributed by atoms with Gasteiger partial charge in [0.1, 0.15) is 17.2 Å². The molecule has 0 radical (unpaired) electrons. The first-order valence-corrected chi connectivity index (χ1v) is 8.29. The fourth-order valence-corrected chi connectivity index (χ4v) is 2.64. The Kier molecular flexibility index (Phi) is 5.38. The average Bonchev–Trinajstić information content (AvgIpc) is 3.10. The van der Waals surface area contributed by atoms with E-state index in [-0.39, 0.29) is 0 Å². The highest BCUT2D eigenvalue weighted by Gasteiger charge is 2.14. The van der Waals surface area contributed by atoms with E-state index in [9.17, 15) is 4.79 Å². The summed E-state index contributed by atoms with van der Waals surface area (Å²) in [5.74, 6) is 0.237. The number of rotatable bonds is 8. The van der Waals surface area contributed by atoms with Crippen molar-refractivity contribution < 1.29 is 19.4 Å². The summed E-state index contributed by atoms with van der Waals surface area (Å²) in [6.45, 7) is 2.73. The van der Waals surface area contributed by atoms with Crippen molar-refractivity contribution in [2.24, 2.45) is 0 Å². The standard InChI is InChI=1S/C19H21N3O4/c1-12(19(23)24)26-14-5-3-4-13(10-14)16-11-17(20-8-9-25-2)22-18-15(16)6-7-21-18/h3-7,10-12H,8-9H2,1-2H3,(H,23,24)(H2,20,21,22)/t12-/m1/s1. The fraction of sp³-hybridized carbons (Fsp3) is 0.263. The predicted molar refractivity (Wildman–Crippen MR) is 99.6 cm³/mol. The molecule has 3 N–H and O–H groups in total. The quantitative estimate of drug-likeness (QED) is 0.537. The van der Waals surface area contributed by atoms with Crippen LogP contribution in [0.3, 0.4) is 0 Å². The normalized spacial score (nSPS) is 12.1. The molecule has 26 heavy (non-hydrogen) atoms. The molecule has 0 aliphatic heterocycles. The number of ether oxygens (including phenoxy) is 2. The van der Waals surface area contributed by atoms with Gasteiger partial charge in [0.05, 0.1) is 6.61 Å². The molecule has 7 nitrogen and oxygen atoms in total. The van der Waals surface area contributed by atoms with E-state index >= 15 is 0 Å². The Morgan fingerprint density at radius 1 is 1.35 bits per heavy atom. The Bertz CT molecular complexity index is 907. The zero-order chi connectivity index (χ0) is 18.5. The Morgan fingerprint density at radius 3 is 2.96 bits per heavy atom. The molecule has 0 aliphatic rings. The molecular formula is C19H21N3O4. The highest BCUT2D eigenvalue weighted by Crippen LogP contribution is 2.32. The van der Waals surface area contributed by atoms with Gasteiger partial charge in [-0.25, -0.2) is 9.78 Å². The van der Waals surface area contributed by atoms with Gasteiger partial charge in [-0.3, -0.25) is 0 Å². The highest BCUT2D eigenvalue weighted by molar-refractivity contribution is 5.95. The lowest BCUT2D eigenvalue weighted by Crippen LogP contribution is -2.22. The van der Waals surface area contributed by atoms with Crippen LogP contribution in [0.1, 0.15) is 6.92 Å². The van der Waals surface area contributed by atoms with Crippen molar-refractivity contribution >= 4 is 22.8 Å². The van der Waals surface area contributed by atoms with E-state index in [1.165, 1.54) is 6.92 Å². The number of carboxylic acid groups (broad SMARTS) is 1. The van der Waals surface area contributed by atoms with Crippen LogP contribution >= 0.6 is 0 Å².